The van der Waals surface area contributed by atoms with E-state index in [2.05, 4.69) is 10.3 Å². The van der Waals surface area contributed by atoms with Crippen LogP contribution in [0.1, 0.15) is 11.5 Å². The number of carbonyl (C=O) groups excluding carboxylic acids is 1. The van der Waals surface area contributed by atoms with Gasteiger partial charge in [0.1, 0.15) is 11.5 Å². The number of nitrogens with zero attached hydrogens (tertiary/aromatic N) is 1. The lowest BCUT2D eigenvalue weighted by atomic mass is 10.3. The van der Waals surface area contributed by atoms with E-state index in [9.17, 15) is 4.79 Å². The highest BCUT2D eigenvalue weighted by Gasteiger charge is 2.05. The first-order valence-corrected chi connectivity index (χ1v) is 8.68. The van der Waals surface area contributed by atoms with Crippen molar-refractivity contribution >= 4 is 51.0 Å². The van der Waals surface area contributed by atoms with Gasteiger partial charge in [0.25, 0.3) is 0 Å². The number of thioether (sulfide) groups is 1. The Morgan fingerprint density at radius 3 is 2.95 bits per heavy atom. The molecule has 112 valence electrons. The van der Waals surface area contributed by atoms with Crippen LogP contribution in [0.3, 0.4) is 0 Å². The average Bonchev–Trinajstić information content (AvgIpc) is 3.10. The predicted molar refractivity (Wildman–Crippen MR) is 92.5 cm³/mol. The van der Waals surface area contributed by atoms with Crippen LogP contribution in [0.5, 0.6) is 0 Å². The minimum atomic E-state index is -0.192. The molecule has 0 aliphatic rings. The number of fused-ring (bicyclic) bond motifs is 1. The molecule has 1 N–H and O–H groups in total. The Hall–Kier alpha value is -2.05. The van der Waals surface area contributed by atoms with E-state index in [1.807, 2.05) is 43.5 Å². The summed E-state index contributed by atoms with van der Waals surface area (Å²) in [6.07, 6.45) is 5.11. The molecule has 3 aromatic rings. The fraction of sp³-hybridized carbons (Fsp3) is 0.125. The van der Waals surface area contributed by atoms with Gasteiger partial charge in [-0.3, -0.25) is 4.79 Å². The van der Waals surface area contributed by atoms with Gasteiger partial charge >= 0.3 is 0 Å². The van der Waals surface area contributed by atoms with Gasteiger partial charge in [-0.05, 0) is 49.6 Å². The van der Waals surface area contributed by atoms with Crippen LogP contribution in [0.25, 0.3) is 16.3 Å². The van der Waals surface area contributed by atoms with Crippen molar-refractivity contribution in [3.8, 4) is 0 Å². The first-order chi connectivity index (χ1) is 10.6. The highest BCUT2D eigenvalue weighted by molar-refractivity contribution is 8.00. The van der Waals surface area contributed by atoms with E-state index >= 15 is 0 Å². The molecule has 0 atom stereocenters. The summed E-state index contributed by atoms with van der Waals surface area (Å²) in [5, 5.41) is 2.84. The topological polar surface area (TPSA) is 55.1 Å². The van der Waals surface area contributed by atoms with Gasteiger partial charge in [0.05, 0.1) is 10.2 Å². The molecule has 6 heteroatoms. The van der Waals surface area contributed by atoms with Crippen molar-refractivity contribution in [2.45, 2.75) is 11.3 Å². The number of hydrogen-bond acceptors (Lipinski definition) is 5. The van der Waals surface area contributed by atoms with Crippen LogP contribution in [0, 0.1) is 6.92 Å². The summed E-state index contributed by atoms with van der Waals surface area (Å²) in [5.41, 5.74) is 1.71. The minimum Gasteiger partial charge on any atom is -0.462 e. The van der Waals surface area contributed by atoms with E-state index in [4.69, 9.17) is 4.42 Å². The Labute approximate surface area is 136 Å². The molecule has 0 bridgehead atoms. The van der Waals surface area contributed by atoms with Crippen LogP contribution in [-0.4, -0.2) is 17.1 Å². The molecule has 2 aromatic heterocycles. The molecule has 0 saturated carbocycles. The lowest BCUT2D eigenvalue weighted by molar-refractivity contribution is -0.111. The quantitative estimate of drug-likeness (QED) is 0.562. The molecule has 2 heterocycles. The van der Waals surface area contributed by atoms with E-state index in [1.54, 1.807) is 29.2 Å². The molecule has 22 heavy (non-hydrogen) atoms. The number of furan rings is 1. The molecule has 3 rings (SSSR count). The van der Waals surface area contributed by atoms with Crippen LogP contribution >= 0.6 is 23.1 Å². The maximum absolute atomic E-state index is 11.9. The minimum absolute atomic E-state index is 0.192. The van der Waals surface area contributed by atoms with Gasteiger partial charge < -0.3 is 9.73 Å². The zero-order valence-corrected chi connectivity index (χ0v) is 13.8. The zero-order chi connectivity index (χ0) is 15.5. The second kappa shape index (κ2) is 6.37. The summed E-state index contributed by atoms with van der Waals surface area (Å²) in [6.45, 7) is 1.87. The van der Waals surface area contributed by atoms with Gasteiger partial charge in [0.2, 0.25) is 5.91 Å². The first kappa shape index (κ1) is 14.9. The summed E-state index contributed by atoms with van der Waals surface area (Å²) in [4.78, 5) is 16.4. The Kier molecular flexibility index (Phi) is 4.31. The lowest BCUT2D eigenvalue weighted by Gasteiger charge is -2.01. The fourth-order valence-electron chi connectivity index (χ4n) is 1.95. The number of hydrogen-bond donors (Lipinski definition) is 1. The number of aromatic nitrogens is 1. The van der Waals surface area contributed by atoms with Crippen LogP contribution < -0.4 is 5.32 Å². The summed E-state index contributed by atoms with van der Waals surface area (Å²) in [5.74, 6) is 1.29. The van der Waals surface area contributed by atoms with E-state index in [0.29, 0.717) is 5.76 Å². The lowest BCUT2D eigenvalue weighted by Crippen LogP contribution is -2.07. The summed E-state index contributed by atoms with van der Waals surface area (Å²) >= 11 is 3.24. The molecular formula is C16H14N2O2S2. The van der Waals surface area contributed by atoms with Crippen molar-refractivity contribution in [2.24, 2.45) is 0 Å². The molecule has 0 unspecified atom stereocenters. The van der Waals surface area contributed by atoms with E-state index in [1.165, 1.54) is 6.08 Å². The predicted octanol–water partition coefficient (Wildman–Crippen LogP) is 4.57. The highest BCUT2D eigenvalue weighted by atomic mass is 32.2. The summed E-state index contributed by atoms with van der Waals surface area (Å²) in [6, 6.07) is 9.40. The number of aryl methyl sites for hydroxylation is 1. The van der Waals surface area contributed by atoms with Crippen LogP contribution in [0.2, 0.25) is 0 Å². The third-order valence-electron chi connectivity index (χ3n) is 2.97. The maximum atomic E-state index is 11.9. The Morgan fingerprint density at radius 1 is 1.36 bits per heavy atom. The zero-order valence-electron chi connectivity index (χ0n) is 12.1. The van der Waals surface area contributed by atoms with E-state index in [-0.39, 0.29) is 5.91 Å². The number of carbonyl (C=O) groups is 1. The molecule has 1 aromatic carbocycles. The number of anilines is 1. The normalized spacial score (nSPS) is 11.4. The standard InChI is InChI=1S/C16H14N2O2S2/c1-10-3-5-12(20-10)6-8-15(19)17-11-4-7-13-14(9-11)22-16(18-13)21-2/h3-9H,1-2H3,(H,17,19). The molecule has 0 spiro atoms. The first-order valence-electron chi connectivity index (χ1n) is 6.64. The molecule has 0 aliphatic heterocycles. The maximum Gasteiger partial charge on any atom is 0.248 e. The number of rotatable bonds is 4. The van der Waals surface area contributed by atoms with Gasteiger partial charge in [-0.15, -0.1) is 11.3 Å². The fourth-order valence-corrected chi connectivity index (χ4v) is 3.48. The summed E-state index contributed by atoms with van der Waals surface area (Å²) in [7, 11) is 0. The number of thiazole rings is 1. The molecule has 0 fully saturated rings. The van der Waals surface area contributed by atoms with Crippen molar-refractivity contribution in [2.75, 3.05) is 11.6 Å². The van der Waals surface area contributed by atoms with Crippen molar-refractivity contribution < 1.29 is 9.21 Å². The highest BCUT2D eigenvalue weighted by Crippen LogP contribution is 2.29. The van der Waals surface area contributed by atoms with E-state index in [0.717, 1.165) is 26.0 Å². The van der Waals surface area contributed by atoms with Crippen molar-refractivity contribution in [1.29, 1.82) is 0 Å². The second-order valence-electron chi connectivity index (χ2n) is 4.64. The second-order valence-corrected chi connectivity index (χ2v) is 6.72. The van der Waals surface area contributed by atoms with Crippen LogP contribution in [0.4, 0.5) is 5.69 Å². The third kappa shape index (κ3) is 3.40. The van der Waals surface area contributed by atoms with Crippen molar-refractivity contribution in [3.63, 3.8) is 0 Å². The van der Waals surface area contributed by atoms with E-state index < -0.39 is 0 Å². The number of benzene rings is 1. The number of amides is 1. The van der Waals surface area contributed by atoms with Gasteiger partial charge in [0.15, 0.2) is 4.34 Å². The smallest absolute Gasteiger partial charge is 0.248 e. The average molecular weight is 330 g/mol. The number of nitrogens with one attached hydrogen (secondary N) is 1. The van der Waals surface area contributed by atoms with Crippen LogP contribution in [-0.2, 0) is 4.79 Å². The molecular weight excluding hydrogens is 316 g/mol. The largest absolute Gasteiger partial charge is 0.462 e. The Morgan fingerprint density at radius 2 is 2.23 bits per heavy atom. The third-order valence-corrected chi connectivity index (χ3v) is 4.97. The van der Waals surface area contributed by atoms with Crippen molar-refractivity contribution in [3.05, 3.63) is 47.9 Å². The molecule has 0 aliphatic carbocycles. The molecule has 1 amide bonds. The van der Waals surface area contributed by atoms with Crippen molar-refractivity contribution in [1.82, 2.24) is 4.98 Å². The van der Waals surface area contributed by atoms with Gasteiger partial charge in [-0.2, -0.15) is 0 Å². The Bertz CT molecular complexity index is 849. The SMILES string of the molecule is CSc1nc2ccc(NC(=O)C=Cc3ccc(C)o3)cc2s1. The molecule has 0 saturated heterocycles. The van der Waals surface area contributed by atoms with Crippen LogP contribution in [0.15, 0.2) is 45.2 Å². The van der Waals surface area contributed by atoms with Gasteiger partial charge in [-0.1, -0.05) is 11.8 Å². The van der Waals surface area contributed by atoms with Gasteiger partial charge in [-0.25, -0.2) is 4.98 Å². The Balaban J connectivity index is 1.71. The monoisotopic (exact) mass is 330 g/mol. The van der Waals surface area contributed by atoms with Gasteiger partial charge in [0, 0.05) is 11.8 Å². The summed E-state index contributed by atoms with van der Waals surface area (Å²) < 4.78 is 7.46. The molecule has 4 nitrogen and oxygen atoms in total. The molecule has 0 radical (unpaired) electrons.